The summed E-state index contributed by atoms with van der Waals surface area (Å²) < 4.78 is 0. The number of hydrogen-bond acceptors (Lipinski definition) is 4. The predicted molar refractivity (Wildman–Crippen MR) is 112 cm³/mol. The Labute approximate surface area is 174 Å². The molecule has 0 aliphatic carbocycles. The van der Waals surface area contributed by atoms with E-state index in [0.717, 1.165) is 70.5 Å². The first-order valence-electron chi connectivity index (χ1n) is 11.3. The molecule has 0 bridgehead atoms. The van der Waals surface area contributed by atoms with Crippen LogP contribution in [-0.4, -0.2) is 70.3 Å². The molecular formula is C23H34N4O2. The van der Waals surface area contributed by atoms with Gasteiger partial charge in [-0.1, -0.05) is 19.4 Å². The highest BCUT2D eigenvalue weighted by molar-refractivity contribution is 5.82. The quantitative estimate of drug-likeness (QED) is 0.783. The van der Waals surface area contributed by atoms with Crippen LogP contribution in [-0.2, 0) is 16.1 Å². The summed E-state index contributed by atoms with van der Waals surface area (Å²) in [6, 6.07) is 5.94. The number of pyridine rings is 1. The maximum absolute atomic E-state index is 13.2. The van der Waals surface area contributed by atoms with E-state index in [-0.39, 0.29) is 17.4 Å². The Morgan fingerprint density at radius 3 is 2.72 bits per heavy atom. The van der Waals surface area contributed by atoms with Gasteiger partial charge in [-0.05, 0) is 62.7 Å². The molecular weight excluding hydrogens is 364 g/mol. The average molecular weight is 399 g/mol. The molecule has 6 heteroatoms. The van der Waals surface area contributed by atoms with Crippen LogP contribution < -0.4 is 0 Å². The van der Waals surface area contributed by atoms with E-state index in [1.807, 2.05) is 23.1 Å². The Bertz CT molecular complexity index is 715. The van der Waals surface area contributed by atoms with Gasteiger partial charge in [0.1, 0.15) is 0 Å². The van der Waals surface area contributed by atoms with E-state index in [9.17, 15) is 9.59 Å². The van der Waals surface area contributed by atoms with Crippen LogP contribution in [0.3, 0.4) is 0 Å². The van der Waals surface area contributed by atoms with Gasteiger partial charge in [-0.2, -0.15) is 0 Å². The van der Waals surface area contributed by atoms with E-state index in [2.05, 4.69) is 21.7 Å². The van der Waals surface area contributed by atoms with E-state index < -0.39 is 0 Å². The third-order valence-electron chi connectivity index (χ3n) is 7.27. The molecule has 4 heterocycles. The van der Waals surface area contributed by atoms with Crippen molar-refractivity contribution in [2.45, 2.75) is 64.5 Å². The zero-order valence-electron chi connectivity index (χ0n) is 17.7. The predicted octanol–water partition coefficient (Wildman–Crippen LogP) is 2.69. The largest absolute Gasteiger partial charge is 0.341 e. The van der Waals surface area contributed by atoms with Crippen LogP contribution >= 0.6 is 0 Å². The van der Waals surface area contributed by atoms with Crippen molar-refractivity contribution >= 4 is 11.8 Å². The first kappa shape index (κ1) is 20.3. The standard InChI is InChI=1S/C23H34N4O2/c1-2-25-14-6-4-8-20(25)22(29)26-15-11-23(12-16-26)10-9-21(28)27(18-23)17-19-7-3-5-13-24-19/h3,5,7,13,20H,2,4,6,8-12,14-18H2,1H3/t20-/m1/s1. The van der Waals surface area contributed by atoms with E-state index in [1.54, 1.807) is 6.20 Å². The van der Waals surface area contributed by atoms with Gasteiger partial charge < -0.3 is 9.80 Å². The lowest BCUT2D eigenvalue weighted by molar-refractivity contribution is -0.146. The van der Waals surface area contributed by atoms with Crippen LogP contribution in [0.4, 0.5) is 0 Å². The molecule has 0 unspecified atom stereocenters. The van der Waals surface area contributed by atoms with Crippen molar-refractivity contribution in [1.82, 2.24) is 19.7 Å². The van der Waals surface area contributed by atoms with E-state index in [4.69, 9.17) is 0 Å². The van der Waals surface area contributed by atoms with Gasteiger partial charge in [0.2, 0.25) is 11.8 Å². The lowest BCUT2D eigenvalue weighted by atomic mass is 9.72. The van der Waals surface area contributed by atoms with Crippen molar-refractivity contribution < 1.29 is 9.59 Å². The fraction of sp³-hybridized carbons (Fsp3) is 0.696. The summed E-state index contributed by atoms with van der Waals surface area (Å²) in [5, 5.41) is 0. The second kappa shape index (κ2) is 8.82. The molecule has 0 N–H and O–H groups in total. The Morgan fingerprint density at radius 2 is 2.00 bits per heavy atom. The number of carbonyl (C=O) groups excluding carboxylic acids is 2. The summed E-state index contributed by atoms with van der Waals surface area (Å²) in [7, 11) is 0. The Morgan fingerprint density at radius 1 is 1.17 bits per heavy atom. The van der Waals surface area contributed by atoms with Crippen molar-refractivity contribution in [3.05, 3.63) is 30.1 Å². The van der Waals surface area contributed by atoms with E-state index in [0.29, 0.717) is 18.9 Å². The first-order chi connectivity index (χ1) is 14.1. The first-order valence-corrected chi connectivity index (χ1v) is 11.3. The third-order valence-corrected chi connectivity index (χ3v) is 7.27. The maximum Gasteiger partial charge on any atom is 0.239 e. The molecule has 1 spiro atoms. The number of amides is 2. The highest BCUT2D eigenvalue weighted by Crippen LogP contribution is 2.41. The molecule has 0 radical (unpaired) electrons. The molecule has 0 saturated carbocycles. The Hall–Kier alpha value is -1.95. The average Bonchev–Trinajstić information content (AvgIpc) is 2.77. The minimum absolute atomic E-state index is 0.0800. The maximum atomic E-state index is 13.2. The third kappa shape index (κ3) is 4.47. The van der Waals surface area contributed by atoms with Crippen molar-refractivity contribution in [3.63, 3.8) is 0 Å². The summed E-state index contributed by atoms with van der Waals surface area (Å²) >= 11 is 0. The summed E-state index contributed by atoms with van der Waals surface area (Å²) in [6.45, 7) is 7.23. The lowest BCUT2D eigenvalue weighted by Gasteiger charge is -2.48. The van der Waals surface area contributed by atoms with Crippen LogP contribution in [0, 0.1) is 5.41 Å². The van der Waals surface area contributed by atoms with Gasteiger partial charge in [0.05, 0.1) is 18.3 Å². The van der Waals surface area contributed by atoms with Gasteiger partial charge in [0, 0.05) is 32.3 Å². The van der Waals surface area contributed by atoms with Crippen LogP contribution in [0.15, 0.2) is 24.4 Å². The van der Waals surface area contributed by atoms with Crippen LogP contribution in [0.1, 0.15) is 57.6 Å². The fourth-order valence-corrected chi connectivity index (χ4v) is 5.40. The molecule has 3 aliphatic rings. The van der Waals surface area contributed by atoms with Gasteiger partial charge in [-0.25, -0.2) is 0 Å². The second-order valence-corrected chi connectivity index (χ2v) is 9.04. The van der Waals surface area contributed by atoms with Crippen molar-refractivity contribution in [2.24, 2.45) is 5.41 Å². The number of rotatable bonds is 4. The van der Waals surface area contributed by atoms with E-state index >= 15 is 0 Å². The zero-order chi connectivity index (χ0) is 20.3. The number of hydrogen-bond donors (Lipinski definition) is 0. The van der Waals surface area contributed by atoms with Gasteiger partial charge in [-0.3, -0.25) is 19.5 Å². The molecule has 1 aromatic rings. The van der Waals surface area contributed by atoms with Gasteiger partial charge in [0.25, 0.3) is 0 Å². The molecule has 1 atom stereocenters. The van der Waals surface area contributed by atoms with Crippen molar-refractivity contribution in [2.75, 3.05) is 32.7 Å². The molecule has 4 rings (SSSR count). The number of likely N-dealkylation sites (N-methyl/N-ethyl adjacent to an activating group) is 1. The highest BCUT2D eigenvalue weighted by Gasteiger charge is 2.43. The molecule has 3 saturated heterocycles. The topological polar surface area (TPSA) is 56.8 Å². The van der Waals surface area contributed by atoms with Crippen LogP contribution in [0.5, 0.6) is 0 Å². The minimum atomic E-state index is 0.0800. The Balaban J connectivity index is 1.36. The zero-order valence-corrected chi connectivity index (χ0v) is 17.7. The normalized spacial score (nSPS) is 25.4. The fourth-order valence-electron chi connectivity index (χ4n) is 5.40. The Kier molecular flexibility index (Phi) is 6.18. The molecule has 3 aliphatic heterocycles. The highest BCUT2D eigenvalue weighted by atomic mass is 16.2. The number of aromatic nitrogens is 1. The van der Waals surface area contributed by atoms with Gasteiger partial charge in [0.15, 0.2) is 0 Å². The number of likely N-dealkylation sites (tertiary alicyclic amines) is 3. The number of carbonyl (C=O) groups is 2. The molecule has 3 fully saturated rings. The molecule has 1 aromatic heterocycles. The second-order valence-electron chi connectivity index (χ2n) is 9.04. The van der Waals surface area contributed by atoms with Gasteiger partial charge >= 0.3 is 0 Å². The molecule has 29 heavy (non-hydrogen) atoms. The summed E-state index contributed by atoms with van der Waals surface area (Å²) in [5.74, 6) is 0.569. The van der Waals surface area contributed by atoms with Gasteiger partial charge in [-0.15, -0.1) is 0 Å². The lowest BCUT2D eigenvalue weighted by Crippen LogP contribution is -2.56. The van der Waals surface area contributed by atoms with Crippen molar-refractivity contribution in [3.8, 4) is 0 Å². The smallest absolute Gasteiger partial charge is 0.239 e. The van der Waals surface area contributed by atoms with Crippen molar-refractivity contribution in [1.29, 1.82) is 0 Å². The summed E-state index contributed by atoms with van der Waals surface area (Å²) in [4.78, 5) is 36.5. The molecule has 0 aromatic carbocycles. The summed E-state index contributed by atoms with van der Waals surface area (Å²) in [6.07, 6.45) is 8.74. The SMILES string of the molecule is CCN1CCCC[C@@H]1C(=O)N1CCC2(CCC(=O)N(Cc3ccccn3)C2)CC1. The van der Waals surface area contributed by atoms with E-state index in [1.165, 1.54) is 6.42 Å². The molecule has 2 amide bonds. The molecule has 158 valence electrons. The molecule has 6 nitrogen and oxygen atoms in total. The van der Waals surface area contributed by atoms with Crippen LogP contribution in [0.25, 0.3) is 0 Å². The monoisotopic (exact) mass is 398 g/mol. The summed E-state index contributed by atoms with van der Waals surface area (Å²) in [5.41, 5.74) is 1.11. The number of piperidine rings is 3. The minimum Gasteiger partial charge on any atom is -0.341 e. The number of nitrogens with zero attached hydrogens (tertiary/aromatic N) is 4. The van der Waals surface area contributed by atoms with Crippen LogP contribution in [0.2, 0.25) is 0 Å².